The largest absolute Gasteiger partial charge is 0.439 e. The summed E-state index contributed by atoms with van der Waals surface area (Å²) in [5.74, 6) is 1.39. The highest BCUT2D eigenvalue weighted by Gasteiger charge is 2.40. The Bertz CT molecular complexity index is 990. The van der Waals surface area contributed by atoms with Crippen LogP contribution >= 0.6 is 0 Å². The van der Waals surface area contributed by atoms with Gasteiger partial charge in [0.15, 0.2) is 15.8 Å². The van der Waals surface area contributed by atoms with Crippen LogP contribution in [0.15, 0.2) is 47.6 Å². The molecule has 1 aromatic heterocycles. The number of benzene rings is 1. The first-order chi connectivity index (χ1) is 14.2. The van der Waals surface area contributed by atoms with Crippen LogP contribution in [0, 0.1) is 5.82 Å². The third kappa shape index (κ3) is 5.27. The molecule has 1 N–H and O–H groups in total. The average Bonchev–Trinajstić information content (AvgIpc) is 2.70. The van der Waals surface area contributed by atoms with E-state index in [0.29, 0.717) is 43.8 Å². The summed E-state index contributed by atoms with van der Waals surface area (Å²) >= 11 is 0. The molecule has 1 saturated heterocycles. The molecule has 1 aromatic carbocycles. The van der Waals surface area contributed by atoms with E-state index in [1.807, 2.05) is 17.9 Å². The van der Waals surface area contributed by atoms with E-state index in [1.165, 1.54) is 24.3 Å². The molecule has 2 heterocycles. The van der Waals surface area contributed by atoms with Crippen molar-refractivity contribution < 1.29 is 17.5 Å². The number of rotatable bonds is 5. The summed E-state index contributed by atoms with van der Waals surface area (Å²) in [6, 6.07) is 9.33. The highest BCUT2D eigenvalue weighted by molar-refractivity contribution is 7.92. The van der Waals surface area contributed by atoms with Crippen LogP contribution in [-0.4, -0.2) is 54.4 Å². The summed E-state index contributed by atoms with van der Waals surface area (Å²) in [4.78, 5) is 10.9. The lowest BCUT2D eigenvalue weighted by molar-refractivity contribution is 0.353. The van der Waals surface area contributed by atoms with Gasteiger partial charge in [-0.1, -0.05) is 6.07 Å². The first-order valence-corrected chi connectivity index (χ1v) is 11.5. The van der Waals surface area contributed by atoms with E-state index < -0.39 is 14.6 Å². The van der Waals surface area contributed by atoms with E-state index in [4.69, 9.17) is 4.74 Å². The van der Waals surface area contributed by atoms with Crippen LogP contribution < -0.4 is 10.1 Å². The zero-order valence-electron chi connectivity index (χ0n) is 17.4. The summed E-state index contributed by atoms with van der Waals surface area (Å²) in [5.41, 5.74) is 0.890. The van der Waals surface area contributed by atoms with Gasteiger partial charge in [-0.3, -0.25) is 0 Å². The van der Waals surface area contributed by atoms with E-state index in [1.54, 1.807) is 26.1 Å². The second kappa shape index (κ2) is 8.99. The Hall–Kier alpha value is -2.68. The van der Waals surface area contributed by atoms with E-state index in [9.17, 15) is 12.8 Å². The SMILES string of the molecule is CCNC(=NCc1ccc(Oc2ccc(F)cc2)nc1)N1CCS(=O)(=O)C(C)(C)C1. The molecule has 0 bridgehead atoms. The van der Waals surface area contributed by atoms with Gasteiger partial charge >= 0.3 is 0 Å². The molecular formula is C21H27FN4O3S. The Labute approximate surface area is 176 Å². The Kier molecular flexibility index (Phi) is 6.60. The van der Waals surface area contributed by atoms with Gasteiger partial charge in [0, 0.05) is 31.9 Å². The number of nitrogens with one attached hydrogen (secondary N) is 1. The van der Waals surface area contributed by atoms with Crippen LogP contribution in [0.3, 0.4) is 0 Å². The molecule has 1 fully saturated rings. The van der Waals surface area contributed by atoms with Crippen molar-refractivity contribution in [2.45, 2.75) is 32.1 Å². The monoisotopic (exact) mass is 434 g/mol. The van der Waals surface area contributed by atoms with Gasteiger partial charge in [-0.05, 0) is 50.6 Å². The standard InChI is InChI=1S/C21H27FN4O3S/c1-4-23-20(26-11-12-30(27,28)21(2,3)15-26)25-14-16-5-10-19(24-13-16)29-18-8-6-17(22)7-9-18/h5-10,13H,4,11-12,14-15H2,1-3H3,(H,23,25). The molecule has 162 valence electrons. The highest BCUT2D eigenvalue weighted by atomic mass is 32.2. The molecule has 0 unspecified atom stereocenters. The average molecular weight is 435 g/mol. The number of pyridine rings is 1. The summed E-state index contributed by atoms with van der Waals surface area (Å²) in [5, 5.41) is 3.24. The fourth-order valence-corrected chi connectivity index (χ4v) is 4.47. The van der Waals surface area contributed by atoms with Gasteiger partial charge in [0.05, 0.1) is 17.0 Å². The lowest BCUT2D eigenvalue weighted by atomic mass is 10.2. The smallest absolute Gasteiger partial charge is 0.219 e. The number of guanidine groups is 1. The van der Waals surface area contributed by atoms with Gasteiger partial charge in [-0.25, -0.2) is 22.8 Å². The number of hydrogen-bond donors (Lipinski definition) is 1. The lowest BCUT2D eigenvalue weighted by Crippen LogP contribution is -2.57. The highest BCUT2D eigenvalue weighted by Crippen LogP contribution is 2.24. The molecule has 0 spiro atoms. The minimum atomic E-state index is -3.11. The molecule has 7 nitrogen and oxygen atoms in total. The quantitative estimate of drug-likeness (QED) is 0.575. The predicted molar refractivity (Wildman–Crippen MR) is 115 cm³/mol. The second-order valence-corrected chi connectivity index (χ2v) is 10.5. The van der Waals surface area contributed by atoms with E-state index in [-0.39, 0.29) is 11.6 Å². The second-order valence-electron chi connectivity index (χ2n) is 7.73. The van der Waals surface area contributed by atoms with Crippen molar-refractivity contribution in [3.63, 3.8) is 0 Å². The van der Waals surface area contributed by atoms with Gasteiger partial charge in [0.25, 0.3) is 0 Å². The normalized spacial score (nSPS) is 18.1. The molecule has 1 aliphatic rings. The van der Waals surface area contributed by atoms with Crippen molar-refractivity contribution in [2.75, 3.05) is 25.4 Å². The van der Waals surface area contributed by atoms with Gasteiger partial charge in [-0.2, -0.15) is 0 Å². The van der Waals surface area contributed by atoms with Gasteiger partial charge in [-0.15, -0.1) is 0 Å². The summed E-state index contributed by atoms with van der Waals surface area (Å²) < 4.78 is 42.3. The Morgan fingerprint density at radius 1 is 1.27 bits per heavy atom. The van der Waals surface area contributed by atoms with E-state index in [0.717, 1.165) is 5.56 Å². The van der Waals surface area contributed by atoms with Crippen molar-refractivity contribution in [1.82, 2.24) is 15.2 Å². The van der Waals surface area contributed by atoms with Crippen molar-refractivity contribution in [3.05, 3.63) is 54.0 Å². The van der Waals surface area contributed by atoms with E-state index >= 15 is 0 Å². The van der Waals surface area contributed by atoms with Crippen LogP contribution in [0.25, 0.3) is 0 Å². The van der Waals surface area contributed by atoms with Crippen LogP contribution in [0.5, 0.6) is 11.6 Å². The molecule has 3 rings (SSSR count). The van der Waals surface area contributed by atoms with Gasteiger partial charge in [0.2, 0.25) is 5.88 Å². The summed E-state index contributed by atoms with van der Waals surface area (Å²) in [6.45, 7) is 7.37. The number of sulfone groups is 1. The Morgan fingerprint density at radius 3 is 2.60 bits per heavy atom. The molecule has 9 heteroatoms. The zero-order chi connectivity index (χ0) is 21.8. The molecule has 0 amide bonds. The molecule has 0 atom stereocenters. The zero-order valence-corrected chi connectivity index (χ0v) is 18.2. The van der Waals surface area contributed by atoms with Gasteiger partial charge in [0.1, 0.15) is 11.6 Å². The number of halogens is 1. The topological polar surface area (TPSA) is 83.9 Å². The predicted octanol–water partition coefficient (Wildman–Crippen LogP) is 2.99. The fraction of sp³-hybridized carbons (Fsp3) is 0.429. The van der Waals surface area contributed by atoms with Gasteiger partial charge < -0.3 is 15.0 Å². The maximum absolute atomic E-state index is 13.0. The Balaban J connectivity index is 1.67. The molecule has 0 aliphatic carbocycles. The molecule has 30 heavy (non-hydrogen) atoms. The minimum absolute atomic E-state index is 0.112. The van der Waals surface area contributed by atoms with Crippen LogP contribution in [0.4, 0.5) is 4.39 Å². The third-order valence-electron chi connectivity index (χ3n) is 4.92. The third-order valence-corrected chi connectivity index (χ3v) is 7.46. The molecule has 2 aromatic rings. The maximum atomic E-state index is 13.0. The summed E-state index contributed by atoms with van der Waals surface area (Å²) in [6.07, 6.45) is 1.68. The van der Waals surface area contributed by atoms with Crippen molar-refractivity contribution in [1.29, 1.82) is 0 Å². The van der Waals surface area contributed by atoms with Crippen LogP contribution in [-0.2, 0) is 16.4 Å². The number of nitrogens with zero attached hydrogens (tertiary/aromatic N) is 3. The van der Waals surface area contributed by atoms with Crippen molar-refractivity contribution >= 4 is 15.8 Å². The maximum Gasteiger partial charge on any atom is 0.219 e. The van der Waals surface area contributed by atoms with Crippen LogP contribution in [0.1, 0.15) is 26.3 Å². The summed E-state index contributed by atoms with van der Waals surface area (Å²) in [7, 11) is -3.11. The minimum Gasteiger partial charge on any atom is -0.439 e. The number of aliphatic imine (C=N–C) groups is 1. The lowest BCUT2D eigenvalue weighted by Gasteiger charge is -2.39. The molecule has 1 aliphatic heterocycles. The number of aromatic nitrogens is 1. The van der Waals surface area contributed by atoms with Crippen LogP contribution in [0.2, 0.25) is 0 Å². The first kappa shape index (κ1) is 22.0. The van der Waals surface area contributed by atoms with E-state index in [2.05, 4.69) is 15.3 Å². The molecular weight excluding hydrogens is 407 g/mol. The Morgan fingerprint density at radius 2 is 2.00 bits per heavy atom. The number of hydrogen-bond acceptors (Lipinski definition) is 5. The number of ether oxygens (including phenoxy) is 1. The fourth-order valence-electron chi connectivity index (χ4n) is 3.10. The van der Waals surface area contributed by atoms with Crippen molar-refractivity contribution in [2.24, 2.45) is 4.99 Å². The molecule has 0 radical (unpaired) electrons. The molecule has 0 saturated carbocycles. The van der Waals surface area contributed by atoms with Crippen molar-refractivity contribution in [3.8, 4) is 11.6 Å². The first-order valence-electron chi connectivity index (χ1n) is 9.84.